The lowest BCUT2D eigenvalue weighted by Gasteiger charge is -2.00. The third-order valence-corrected chi connectivity index (χ3v) is 3.71. The Morgan fingerprint density at radius 1 is 1.53 bits per heavy atom. The summed E-state index contributed by atoms with van der Waals surface area (Å²) < 4.78 is 4.75. The fourth-order valence-electron chi connectivity index (χ4n) is 1.03. The summed E-state index contributed by atoms with van der Waals surface area (Å²) in [6.07, 6.45) is -0.570. The zero-order chi connectivity index (χ0) is 12.1. The molecule has 0 spiro atoms. The number of hydrogen-bond donors (Lipinski definition) is 1. The normalized spacial score (nSPS) is 10.2. The Hall–Kier alpha value is -1.18. The number of halogens is 1. The third kappa shape index (κ3) is 3.39. The molecule has 0 atom stereocenters. The molecular formula is C9H8ClN3O2S2. The molecule has 0 saturated carbocycles. The standard InChI is InChI=1S/C9H8ClN3O2S2/c10-3-4-15-9(14)11-8-13-12-7(17-8)6-2-1-5-16-6/h1-2,5H,3-4H2,(H,11,13,14). The Labute approximate surface area is 110 Å². The fraction of sp³-hybridized carbons (Fsp3) is 0.222. The van der Waals surface area contributed by atoms with Crippen LogP contribution < -0.4 is 5.32 Å². The number of ether oxygens (including phenoxy) is 1. The first-order chi connectivity index (χ1) is 8.29. The molecule has 0 fully saturated rings. The van der Waals surface area contributed by atoms with E-state index in [0.29, 0.717) is 5.13 Å². The highest BCUT2D eigenvalue weighted by Gasteiger charge is 2.10. The monoisotopic (exact) mass is 289 g/mol. The van der Waals surface area contributed by atoms with Crippen LogP contribution in [0.2, 0.25) is 0 Å². The highest BCUT2D eigenvalue weighted by atomic mass is 35.5. The van der Waals surface area contributed by atoms with E-state index in [2.05, 4.69) is 15.5 Å². The van der Waals surface area contributed by atoms with Crippen LogP contribution in [0.4, 0.5) is 9.93 Å². The van der Waals surface area contributed by atoms with Gasteiger partial charge < -0.3 is 4.74 Å². The van der Waals surface area contributed by atoms with Crippen LogP contribution in [0.1, 0.15) is 0 Å². The first kappa shape index (κ1) is 12.3. The van der Waals surface area contributed by atoms with Crippen molar-refractivity contribution in [2.45, 2.75) is 0 Å². The fourth-order valence-corrected chi connectivity index (χ4v) is 2.63. The number of carbonyl (C=O) groups is 1. The average Bonchev–Trinajstić information content (AvgIpc) is 2.95. The summed E-state index contributed by atoms with van der Waals surface area (Å²) in [6, 6.07) is 3.88. The number of thiophene rings is 1. The van der Waals surface area contributed by atoms with E-state index in [9.17, 15) is 4.79 Å². The minimum atomic E-state index is -0.570. The predicted octanol–water partition coefficient (Wildman–Crippen LogP) is 3.05. The molecule has 2 aromatic rings. The van der Waals surface area contributed by atoms with Crippen molar-refractivity contribution in [3.63, 3.8) is 0 Å². The lowest BCUT2D eigenvalue weighted by molar-refractivity contribution is 0.168. The van der Waals surface area contributed by atoms with Crippen LogP contribution in [0, 0.1) is 0 Å². The van der Waals surface area contributed by atoms with E-state index in [0.717, 1.165) is 9.88 Å². The molecule has 0 aliphatic rings. The van der Waals surface area contributed by atoms with Gasteiger partial charge in [0.05, 0.1) is 10.8 Å². The number of alkyl halides is 1. The molecule has 2 aromatic heterocycles. The van der Waals surface area contributed by atoms with E-state index in [1.165, 1.54) is 11.3 Å². The lowest BCUT2D eigenvalue weighted by Crippen LogP contribution is -2.14. The smallest absolute Gasteiger partial charge is 0.413 e. The van der Waals surface area contributed by atoms with Crippen molar-refractivity contribution < 1.29 is 9.53 Å². The minimum absolute atomic E-state index is 0.171. The van der Waals surface area contributed by atoms with Crippen LogP contribution in [0.15, 0.2) is 17.5 Å². The maximum atomic E-state index is 11.2. The number of anilines is 1. The maximum absolute atomic E-state index is 11.2. The van der Waals surface area contributed by atoms with E-state index in [-0.39, 0.29) is 12.5 Å². The van der Waals surface area contributed by atoms with E-state index in [1.807, 2.05) is 17.5 Å². The molecule has 1 amide bonds. The van der Waals surface area contributed by atoms with Gasteiger partial charge in [-0.15, -0.1) is 33.1 Å². The molecule has 17 heavy (non-hydrogen) atoms. The third-order valence-electron chi connectivity index (χ3n) is 1.68. The summed E-state index contributed by atoms with van der Waals surface area (Å²) in [6.45, 7) is 0.171. The first-order valence-corrected chi connectivity index (χ1v) is 6.90. The van der Waals surface area contributed by atoms with Crippen molar-refractivity contribution in [2.24, 2.45) is 0 Å². The molecule has 8 heteroatoms. The number of aromatic nitrogens is 2. The number of amides is 1. The van der Waals surface area contributed by atoms with Crippen LogP contribution >= 0.6 is 34.3 Å². The second-order valence-electron chi connectivity index (χ2n) is 2.84. The van der Waals surface area contributed by atoms with E-state index < -0.39 is 6.09 Å². The van der Waals surface area contributed by atoms with Gasteiger partial charge >= 0.3 is 6.09 Å². The molecule has 5 nitrogen and oxygen atoms in total. The Kier molecular flexibility index (Phi) is 4.29. The summed E-state index contributed by atoms with van der Waals surface area (Å²) in [5.41, 5.74) is 0. The Balaban J connectivity index is 1.97. The summed E-state index contributed by atoms with van der Waals surface area (Å²) in [5.74, 6) is 0.268. The van der Waals surface area contributed by atoms with Gasteiger partial charge in [-0.1, -0.05) is 17.4 Å². The first-order valence-electron chi connectivity index (χ1n) is 4.66. The number of carbonyl (C=O) groups excluding carboxylic acids is 1. The quantitative estimate of drug-likeness (QED) is 0.879. The van der Waals surface area contributed by atoms with Crippen LogP contribution in [-0.4, -0.2) is 28.8 Å². The van der Waals surface area contributed by atoms with Crippen molar-refractivity contribution in [2.75, 3.05) is 17.8 Å². The van der Waals surface area contributed by atoms with Gasteiger partial charge in [-0.2, -0.15) is 0 Å². The van der Waals surface area contributed by atoms with Crippen molar-refractivity contribution in [1.29, 1.82) is 0 Å². The van der Waals surface area contributed by atoms with Crippen LogP contribution in [-0.2, 0) is 4.74 Å². The van der Waals surface area contributed by atoms with Gasteiger partial charge in [-0.05, 0) is 11.4 Å². The second kappa shape index (κ2) is 5.95. The highest BCUT2D eigenvalue weighted by Crippen LogP contribution is 2.29. The molecule has 1 N–H and O–H groups in total. The largest absolute Gasteiger partial charge is 0.448 e. The highest BCUT2D eigenvalue weighted by molar-refractivity contribution is 7.23. The van der Waals surface area contributed by atoms with Gasteiger partial charge in [-0.3, -0.25) is 5.32 Å². The van der Waals surface area contributed by atoms with Gasteiger partial charge in [-0.25, -0.2) is 4.79 Å². The summed E-state index contributed by atoms with van der Waals surface area (Å²) >= 11 is 8.26. The van der Waals surface area contributed by atoms with Crippen molar-refractivity contribution in [3.8, 4) is 9.88 Å². The molecular weight excluding hydrogens is 282 g/mol. The number of nitrogens with one attached hydrogen (secondary N) is 1. The molecule has 0 radical (unpaired) electrons. The van der Waals surface area contributed by atoms with E-state index in [4.69, 9.17) is 16.3 Å². The molecule has 0 saturated heterocycles. The topological polar surface area (TPSA) is 64.1 Å². The zero-order valence-electron chi connectivity index (χ0n) is 8.55. The van der Waals surface area contributed by atoms with Crippen molar-refractivity contribution >= 4 is 45.5 Å². The SMILES string of the molecule is O=C(Nc1nnc(-c2cccs2)s1)OCCCl. The van der Waals surface area contributed by atoms with Gasteiger partial charge in [0.1, 0.15) is 6.61 Å². The van der Waals surface area contributed by atoms with Gasteiger partial charge in [0.15, 0.2) is 5.01 Å². The number of nitrogens with zero attached hydrogens (tertiary/aromatic N) is 2. The Morgan fingerprint density at radius 2 is 2.41 bits per heavy atom. The number of hydrogen-bond acceptors (Lipinski definition) is 6. The molecule has 0 aromatic carbocycles. The van der Waals surface area contributed by atoms with Crippen molar-refractivity contribution in [3.05, 3.63) is 17.5 Å². The molecule has 0 aliphatic carbocycles. The molecule has 2 rings (SSSR count). The lowest BCUT2D eigenvalue weighted by atomic mass is 10.5. The van der Waals surface area contributed by atoms with Crippen LogP contribution in [0.25, 0.3) is 9.88 Å². The predicted molar refractivity (Wildman–Crippen MR) is 68.9 cm³/mol. The van der Waals surface area contributed by atoms with Gasteiger partial charge in [0.25, 0.3) is 0 Å². The van der Waals surface area contributed by atoms with Gasteiger partial charge in [0, 0.05) is 0 Å². The number of rotatable bonds is 4. The molecule has 0 unspecified atom stereocenters. The van der Waals surface area contributed by atoms with Crippen LogP contribution in [0.3, 0.4) is 0 Å². The summed E-state index contributed by atoms with van der Waals surface area (Å²) in [4.78, 5) is 12.2. The van der Waals surface area contributed by atoms with E-state index in [1.54, 1.807) is 11.3 Å². The molecule has 0 bridgehead atoms. The van der Waals surface area contributed by atoms with E-state index >= 15 is 0 Å². The van der Waals surface area contributed by atoms with Crippen LogP contribution in [0.5, 0.6) is 0 Å². The van der Waals surface area contributed by atoms with Gasteiger partial charge in [0.2, 0.25) is 5.13 Å². The second-order valence-corrected chi connectivity index (χ2v) is 5.14. The molecule has 90 valence electrons. The Morgan fingerprint density at radius 3 is 3.12 bits per heavy atom. The summed E-state index contributed by atoms with van der Waals surface area (Å²) in [5, 5.41) is 13.5. The summed E-state index contributed by atoms with van der Waals surface area (Å²) in [7, 11) is 0. The molecule has 2 heterocycles. The Bertz CT molecular complexity index is 486. The maximum Gasteiger partial charge on any atom is 0.413 e. The zero-order valence-corrected chi connectivity index (χ0v) is 10.9. The average molecular weight is 290 g/mol. The molecule has 0 aliphatic heterocycles. The van der Waals surface area contributed by atoms with Crippen molar-refractivity contribution in [1.82, 2.24) is 10.2 Å². The minimum Gasteiger partial charge on any atom is -0.448 e.